The van der Waals surface area contributed by atoms with E-state index < -0.39 is 42.1 Å². The van der Waals surface area contributed by atoms with Crippen molar-refractivity contribution in [1.29, 1.82) is 0 Å². The van der Waals surface area contributed by atoms with Crippen molar-refractivity contribution in [2.45, 2.75) is 11.3 Å². The van der Waals surface area contributed by atoms with Gasteiger partial charge in [0.05, 0.1) is 11.1 Å². The maximum absolute atomic E-state index is 12.4. The Labute approximate surface area is 102 Å². The summed E-state index contributed by atoms with van der Waals surface area (Å²) in [6, 6.07) is 0. The Morgan fingerprint density at radius 2 is 2.06 bits per heavy atom. The van der Waals surface area contributed by atoms with Crippen molar-refractivity contribution in [1.82, 2.24) is 4.98 Å². The van der Waals surface area contributed by atoms with Crippen LogP contribution in [0.5, 0.6) is 0 Å². The zero-order valence-corrected chi connectivity index (χ0v) is 10.2. The summed E-state index contributed by atoms with van der Waals surface area (Å²) in [6.07, 6.45) is -2.66. The summed E-state index contributed by atoms with van der Waals surface area (Å²) in [4.78, 5) is 11.7. The lowest BCUT2D eigenvalue weighted by Gasteiger charge is -2.06. The molecule has 17 heavy (non-hydrogen) atoms. The summed E-state index contributed by atoms with van der Waals surface area (Å²) in [5, 5.41) is 15.4. The molecule has 1 rings (SSSR count). The first-order valence-corrected chi connectivity index (χ1v) is 6.14. The van der Waals surface area contributed by atoms with Gasteiger partial charge in [-0.3, -0.25) is 15.1 Å². The van der Waals surface area contributed by atoms with Gasteiger partial charge in [-0.05, 0) is 15.9 Å². The van der Waals surface area contributed by atoms with Crippen LogP contribution in [0.3, 0.4) is 0 Å². The molecule has 1 aromatic rings. The number of nitrogens with two attached hydrogens (primary N) is 1. The van der Waals surface area contributed by atoms with Gasteiger partial charge in [-0.2, -0.15) is 0 Å². The zero-order valence-electron chi connectivity index (χ0n) is 7.80. The van der Waals surface area contributed by atoms with E-state index in [0.717, 1.165) is 0 Å². The molecule has 2 N–H and O–H groups in total. The molecular formula is C6H4BrF2N3O4S. The molecule has 1 aromatic heterocycles. The van der Waals surface area contributed by atoms with Gasteiger partial charge >= 0.3 is 5.69 Å². The van der Waals surface area contributed by atoms with E-state index >= 15 is 0 Å². The van der Waals surface area contributed by atoms with Crippen LogP contribution in [0.15, 0.2) is 15.6 Å². The molecule has 0 aromatic carbocycles. The van der Waals surface area contributed by atoms with Crippen LogP contribution < -0.4 is 5.14 Å². The van der Waals surface area contributed by atoms with Gasteiger partial charge in [-0.15, -0.1) is 0 Å². The number of nitro groups is 1. The Bertz CT molecular complexity index is 577. The van der Waals surface area contributed by atoms with E-state index in [1.165, 1.54) is 0 Å². The lowest BCUT2D eigenvalue weighted by Crippen LogP contribution is -2.15. The SMILES string of the molecule is NS(=O)(=O)c1cnc(C(F)F)c(Br)c1[N+](=O)[O-]. The first kappa shape index (κ1) is 13.9. The third kappa shape index (κ3) is 2.73. The fourth-order valence-corrected chi connectivity index (χ4v) is 2.42. The predicted molar refractivity (Wildman–Crippen MR) is 54.9 cm³/mol. The highest BCUT2D eigenvalue weighted by Crippen LogP contribution is 2.36. The molecule has 0 radical (unpaired) electrons. The van der Waals surface area contributed by atoms with Crippen molar-refractivity contribution in [3.8, 4) is 0 Å². The smallest absolute Gasteiger partial charge is 0.258 e. The van der Waals surface area contributed by atoms with Crippen molar-refractivity contribution in [2.75, 3.05) is 0 Å². The predicted octanol–water partition coefficient (Wildman–Crippen LogP) is 1.34. The number of nitrogens with zero attached hydrogens (tertiary/aromatic N) is 2. The topological polar surface area (TPSA) is 116 Å². The van der Waals surface area contributed by atoms with Crippen molar-refractivity contribution in [3.63, 3.8) is 0 Å². The fourth-order valence-electron chi connectivity index (χ4n) is 1.01. The first-order valence-electron chi connectivity index (χ1n) is 3.80. The molecule has 0 aliphatic carbocycles. The molecule has 11 heteroatoms. The van der Waals surface area contributed by atoms with Crippen LogP contribution >= 0.6 is 15.9 Å². The maximum Gasteiger partial charge on any atom is 0.307 e. The van der Waals surface area contributed by atoms with E-state index in [9.17, 15) is 27.3 Å². The van der Waals surface area contributed by atoms with Crippen molar-refractivity contribution < 1.29 is 22.1 Å². The van der Waals surface area contributed by atoms with Crippen LogP contribution in [-0.4, -0.2) is 18.3 Å². The second kappa shape index (κ2) is 4.58. The quantitative estimate of drug-likeness (QED) is 0.662. The number of hydrogen-bond acceptors (Lipinski definition) is 5. The van der Waals surface area contributed by atoms with Gasteiger partial charge in [0.15, 0.2) is 4.90 Å². The third-order valence-corrected chi connectivity index (χ3v) is 3.38. The highest BCUT2D eigenvalue weighted by atomic mass is 79.9. The summed E-state index contributed by atoms with van der Waals surface area (Å²) < 4.78 is 46.1. The molecular weight excluding hydrogens is 328 g/mol. The Morgan fingerprint density at radius 1 is 1.53 bits per heavy atom. The molecule has 0 spiro atoms. The lowest BCUT2D eigenvalue weighted by molar-refractivity contribution is -0.388. The normalized spacial score (nSPS) is 11.8. The van der Waals surface area contributed by atoms with E-state index in [2.05, 4.69) is 20.9 Å². The molecule has 0 aliphatic heterocycles. The molecule has 0 bridgehead atoms. The molecule has 0 amide bonds. The minimum Gasteiger partial charge on any atom is -0.258 e. The summed E-state index contributed by atoms with van der Waals surface area (Å²) in [6.45, 7) is 0. The Kier molecular flexibility index (Phi) is 3.74. The summed E-state index contributed by atoms with van der Waals surface area (Å²) in [5.74, 6) is 0. The third-order valence-electron chi connectivity index (χ3n) is 1.68. The summed E-state index contributed by atoms with van der Waals surface area (Å²) >= 11 is 2.52. The van der Waals surface area contributed by atoms with Crippen LogP contribution in [0, 0.1) is 10.1 Å². The Balaban J connectivity index is 3.69. The number of sulfonamides is 1. The van der Waals surface area contributed by atoms with Crippen LogP contribution in [0.1, 0.15) is 12.1 Å². The largest absolute Gasteiger partial charge is 0.307 e. The summed E-state index contributed by atoms with van der Waals surface area (Å²) in [5.41, 5.74) is -1.98. The van der Waals surface area contributed by atoms with E-state index in [-0.39, 0.29) is 0 Å². The van der Waals surface area contributed by atoms with Crippen LogP contribution in [0.25, 0.3) is 0 Å². The van der Waals surface area contributed by atoms with Crippen LogP contribution in [-0.2, 0) is 10.0 Å². The number of primary sulfonamides is 1. The number of alkyl halides is 2. The van der Waals surface area contributed by atoms with Gasteiger partial charge < -0.3 is 0 Å². The molecule has 0 unspecified atom stereocenters. The number of hydrogen-bond donors (Lipinski definition) is 1. The molecule has 0 saturated carbocycles. The van der Waals surface area contributed by atoms with Gasteiger partial charge in [-0.1, -0.05) is 0 Å². The average molecular weight is 332 g/mol. The average Bonchev–Trinajstić information content (AvgIpc) is 2.14. The highest BCUT2D eigenvalue weighted by Gasteiger charge is 2.31. The Morgan fingerprint density at radius 3 is 2.41 bits per heavy atom. The molecule has 94 valence electrons. The summed E-state index contributed by atoms with van der Waals surface area (Å²) in [7, 11) is -4.42. The number of halogens is 3. The van der Waals surface area contributed by atoms with Crippen molar-refractivity contribution in [2.24, 2.45) is 5.14 Å². The molecule has 0 fully saturated rings. The van der Waals surface area contributed by atoms with Crippen molar-refractivity contribution in [3.05, 3.63) is 26.5 Å². The first-order chi connectivity index (χ1) is 7.66. The molecule has 7 nitrogen and oxygen atoms in total. The zero-order chi connectivity index (χ0) is 13.4. The van der Waals surface area contributed by atoms with Crippen LogP contribution in [0.2, 0.25) is 0 Å². The van der Waals surface area contributed by atoms with Gasteiger partial charge in [0.1, 0.15) is 10.2 Å². The minimum absolute atomic E-state index is 0.430. The van der Waals surface area contributed by atoms with E-state index in [1.54, 1.807) is 0 Å². The molecule has 1 heterocycles. The van der Waals surface area contributed by atoms with E-state index in [1.807, 2.05) is 0 Å². The second-order valence-corrected chi connectivity index (χ2v) is 5.10. The lowest BCUT2D eigenvalue weighted by atomic mass is 10.3. The van der Waals surface area contributed by atoms with Crippen molar-refractivity contribution >= 4 is 31.6 Å². The minimum atomic E-state index is -4.42. The highest BCUT2D eigenvalue weighted by molar-refractivity contribution is 9.10. The maximum atomic E-state index is 12.4. The Hall–Kier alpha value is -1.20. The van der Waals surface area contributed by atoms with E-state index in [4.69, 9.17) is 5.14 Å². The number of pyridine rings is 1. The molecule has 0 aliphatic rings. The van der Waals surface area contributed by atoms with Gasteiger partial charge in [0, 0.05) is 0 Å². The second-order valence-electron chi connectivity index (χ2n) is 2.77. The van der Waals surface area contributed by atoms with E-state index in [0.29, 0.717) is 6.20 Å². The fraction of sp³-hybridized carbons (Fsp3) is 0.167. The van der Waals surface area contributed by atoms with Gasteiger partial charge in [-0.25, -0.2) is 22.3 Å². The number of aromatic nitrogens is 1. The standard InChI is InChI=1S/C6H4BrF2N3O4S/c7-3-4(6(8)9)11-1-2(17(10,15)16)5(3)12(13)14/h1,6H,(H2,10,15,16). The van der Waals surface area contributed by atoms with Crippen LogP contribution in [0.4, 0.5) is 14.5 Å². The molecule has 0 atom stereocenters. The van der Waals surface area contributed by atoms with Gasteiger partial charge in [0.2, 0.25) is 10.0 Å². The molecule has 0 saturated heterocycles. The number of rotatable bonds is 3. The monoisotopic (exact) mass is 331 g/mol. The van der Waals surface area contributed by atoms with Gasteiger partial charge in [0.25, 0.3) is 6.43 Å².